The molecule has 0 aliphatic carbocycles. The summed E-state index contributed by atoms with van der Waals surface area (Å²) in [4.78, 5) is 38.8. The van der Waals surface area contributed by atoms with Crippen LogP contribution in [0.5, 0.6) is 0 Å². The molecule has 10 heteroatoms. The van der Waals surface area contributed by atoms with Crippen LogP contribution in [0.15, 0.2) is 91.0 Å². The number of nitrogens with zero attached hydrogens (tertiary/aromatic N) is 6. The van der Waals surface area contributed by atoms with Gasteiger partial charge in [-0.3, -0.25) is 4.90 Å². The molecule has 6 aromatic rings. The van der Waals surface area contributed by atoms with E-state index in [2.05, 4.69) is 82.4 Å². The van der Waals surface area contributed by atoms with Gasteiger partial charge in [0.25, 0.3) is 0 Å². The molecule has 48 heavy (non-hydrogen) atoms. The third kappa shape index (κ3) is 6.00. The highest BCUT2D eigenvalue weighted by molar-refractivity contribution is 7.22. The first-order valence-electron chi connectivity index (χ1n) is 16.2. The molecule has 0 amide bonds. The Morgan fingerprint density at radius 2 is 1.42 bits per heavy atom. The van der Waals surface area contributed by atoms with E-state index in [0.29, 0.717) is 17.3 Å². The first-order valence-corrected chi connectivity index (χ1v) is 17.0. The van der Waals surface area contributed by atoms with Gasteiger partial charge in [0, 0.05) is 31.7 Å². The number of aryl methyl sites for hydroxylation is 2. The van der Waals surface area contributed by atoms with E-state index < -0.39 is 5.97 Å². The molecule has 1 saturated heterocycles. The molecule has 0 atom stereocenters. The van der Waals surface area contributed by atoms with Crippen LogP contribution < -0.4 is 10.6 Å². The smallest absolute Gasteiger partial charge is 0.343 e. The van der Waals surface area contributed by atoms with Crippen LogP contribution in [-0.4, -0.2) is 63.6 Å². The molecular formula is C38H37N7O2S. The lowest BCUT2D eigenvalue weighted by Gasteiger charge is -2.40. The third-order valence-corrected chi connectivity index (χ3v) is 9.99. The van der Waals surface area contributed by atoms with Crippen LogP contribution in [-0.2, 0) is 4.74 Å². The molecule has 0 unspecified atom stereocenters. The van der Waals surface area contributed by atoms with Gasteiger partial charge in [-0.2, -0.15) is 0 Å². The van der Waals surface area contributed by atoms with Crippen LogP contribution in [0.25, 0.3) is 32.3 Å². The van der Waals surface area contributed by atoms with Crippen molar-refractivity contribution < 1.29 is 9.53 Å². The fourth-order valence-corrected chi connectivity index (χ4v) is 7.61. The number of hydrogen-bond donors (Lipinski definition) is 1. The Morgan fingerprint density at radius 3 is 2.00 bits per heavy atom. The summed E-state index contributed by atoms with van der Waals surface area (Å²) in [6.45, 7) is 9.16. The number of thiophene rings is 1. The van der Waals surface area contributed by atoms with E-state index in [9.17, 15) is 4.79 Å². The number of hydrogen-bond acceptors (Lipinski definition) is 10. The fraction of sp³-hybridized carbons (Fsp3) is 0.237. The maximum atomic E-state index is 12.6. The van der Waals surface area contributed by atoms with Crippen LogP contribution >= 0.6 is 11.3 Å². The number of nitrogens with two attached hydrogens (primary N) is 1. The minimum atomic E-state index is -0.520. The summed E-state index contributed by atoms with van der Waals surface area (Å²) < 4.78 is 5.19. The number of esters is 1. The number of aromatic nitrogens is 4. The van der Waals surface area contributed by atoms with E-state index in [1.54, 1.807) is 13.8 Å². The summed E-state index contributed by atoms with van der Waals surface area (Å²) in [7, 11) is 0. The lowest BCUT2D eigenvalue weighted by Crippen LogP contribution is -2.48. The highest BCUT2D eigenvalue weighted by Crippen LogP contribution is 2.42. The first-order chi connectivity index (χ1) is 23.4. The zero-order valence-corrected chi connectivity index (χ0v) is 28.1. The zero-order chi connectivity index (χ0) is 33.2. The largest absolute Gasteiger partial charge is 0.462 e. The van der Waals surface area contributed by atoms with Gasteiger partial charge in [-0.1, -0.05) is 91.0 Å². The van der Waals surface area contributed by atoms with Gasteiger partial charge in [-0.15, -0.1) is 11.3 Å². The number of rotatable bonds is 8. The third-order valence-electron chi connectivity index (χ3n) is 8.81. The van der Waals surface area contributed by atoms with Crippen molar-refractivity contribution in [3.05, 3.63) is 119 Å². The Bertz CT molecular complexity index is 2000. The number of benzene rings is 3. The monoisotopic (exact) mass is 655 g/mol. The molecule has 0 radical (unpaired) electrons. The van der Waals surface area contributed by atoms with E-state index in [0.717, 1.165) is 58.2 Å². The number of carbonyl (C=O) groups is 1. The van der Waals surface area contributed by atoms with Gasteiger partial charge in [0.15, 0.2) is 11.6 Å². The molecule has 2 N–H and O–H groups in total. The predicted molar refractivity (Wildman–Crippen MR) is 192 cm³/mol. The highest BCUT2D eigenvalue weighted by atomic mass is 32.1. The van der Waals surface area contributed by atoms with Gasteiger partial charge in [-0.25, -0.2) is 24.7 Å². The first kappa shape index (κ1) is 31.4. The van der Waals surface area contributed by atoms with Crippen molar-refractivity contribution >= 4 is 39.2 Å². The summed E-state index contributed by atoms with van der Waals surface area (Å²) in [5, 5.41) is 0.986. The number of carbonyl (C=O) groups excluding carboxylic acids is 1. The maximum Gasteiger partial charge on any atom is 0.343 e. The fourth-order valence-electron chi connectivity index (χ4n) is 6.50. The van der Waals surface area contributed by atoms with Gasteiger partial charge in [0.05, 0.1) is 28.6 Å². The molecule has 1 aliphatic rings. The summed E-state index contributed by atoms with van der Waals surface area (Å²) in [6, 6.07) is 31.7. The van der Waals surface area contributed by atoms with E-state index in [1.807, 2.05) is 30.3 Å². The predicted octanol–water partition coefficient (Wildman–Crippen LogP) is 7.10. The summed E-state index contributed by atoms with van der Waals surface area (Å²) in [5.41, 5.74) is 11.5. The van der Waals surface area contributed by atoms with Crippen molar-refractivity contribution in [3.8, 4) is 22.1 Å². The van der Waals surface area contributed by atoms with Gasteiger partial charge >= 0.3 is 5.97 Å². The minimum absolute atomic E-state index is 0.103. The molecule has 0 spiro atoms. The van der Waals surface area contributed by atoms with E-state index >= 15 is 0 Å². The molecule has 0 saturated carbocycles. The lowest BCUT2D eigenvalue weighted by atomic mass is 9.96. The average Bonchev–Trinajstić information content (AvgIpc) is 3.45. The molecule has 242 valence electrons. The summed E-state index contributed by atoms with van der Waals surface area (Å²) in [5.74, 6) is 1.63. The molecular weight excluding hydrogens is 619 g/mol. The normalized spacial score (nSPS) is 13.7. The highest BCUT2D eigenvalue weighted by Gasteiger charge is 2.30. The number of nitrogen functional groups attached to an aromatic ring is 1. The van der Waals surface area contributed by atoms with E-state index in [1.165, 1.54) is 22.5 Å². The second-order valence-corrected chi connectivity index (χ2v) is 12.8. The Morgan fingerprint density at radius 1 is 0.812 bits per heavy atom. The van der Waals surface area contributed by atoms with Crippen LogP contribution in [0.3, 0.4) is 0 Å². The van der Waals surface area contributed by atoms with E-state index in [4.69, 9.17) is 25.4 Å². The van der Waals surface area contributed by atoms with Crippen LogP contribution in [0, 0.1) is 13.8 Å². The molecule has 0 bridgehead atoms. The Kier molecular flexibility index (Phi) is 8.84. The molecule has 9 nitrogen and oxygen atoms in total. The second-order valence-electron chi connectivity index (χ2n) is 11.8. The van der Waals surface area contributed by atoms with Crippen LogP contribution in [0.2, 0.25) is 0 Å². The molecule has 1 aliphatic heterocycles. The zero-order valence-electron chi connectivity index (χ0n) is 27.3. The second kappa shape index (κ2) is 13.5. The van der Waals surface area contributed by atoms with Crippen LogP contribution in [0.1, 0.15) is 45.7 Å². The van der Waals surface area contributed by atoms with Gasteiger partial charge < -0.3 is 15.4 Å². The van der Waals surface area contributed by atoms with Crippen LogP contribution in [0.4, 0.5) is 11.6 Å². The van der Waals surface area contributed by atoms with E-state index in [-0.39, 0.29) is 24.0 Å². The molecule has 1 fully saturated rings. The molecule has 3 aromatic heterocycles. The average molecular weight is 656 g/mol. The quantitative estimate of drug-likeness (QED) is 0.172. The lowest BCUT2D eigenvalue weighted by molar-refractivity contribution is 0.0526. The van der Waals surface area contributed by atoms with Crippen molar-refractivity contribution in [2.24, 2.45) is 0 Å². The molecule has 4 heterocycles. The summed E-state index contributed by atoms with van der Waals surface area (Å²) >= 11 is 1.52. The molecule has 3 aromatic carbocycles. The van der Waals surface area contributed by atoms with Crippen molar-refractivity contribution in [1.29, 1.82) is 0 Å². The van der Waals surface area contributed by atoms with Gasteiger partial charge in [-0.05, 0) is 37.5 Å². The Hall–Kier alpha value is -5.19. The standard InChI is InChI=1S/C38H37N7O2S/c1-4-47-38(46)30-25(3)40-35(41-33(30)39)32-24(2)29-36(42-34(43-37(29)48-32)28-18-12-7-13-19-28)45-22-20-44(21-23-45)31(26-14-8-5-9-15-26)27-16-10-6-11-17-27/h5-19,31H,4,20-23H2,1-3H3,(H2,39,40,41). The van der Waals surface area contributed by atoms with Crippen molar-refractivity contribution in [2.45, 2.75) is 26.8 Å². The van der Waals surface area contributed by atoms with Gasteiger partial charge in [0.1, 0.15) is 22.0 Å². The topological polar surface area (TPSA) is 110 Å². The van der Waals surface area contributed by atoms with Crippen molar-refractivity contribution in [1.82, 2.24) is 24.8 Å². The number of piperazine rings is 1. The Labute approximate surface area is 284 Å². The molecule has 7 rings (SSSR count). The minimum Gasteiger partial charge on any atom is -0.462 e. The SMILES string of the molecule is CCOC(=O)c1c(C)nc(-c2sc3nc(-c4ccccc4)nc(N4CCN(C(c5ccccc5)c5ccccc5)CC4)c3c2C)nc1N. The maximum absolute atomic E-state index is 12.6. The van der Waals surface area contributed by atoms with Gasteiger partial charge in [0.2, 0.25) is 0 Å². The number of anilines is 2. The van der Waals surface area contributed by atoms with Crippen molar-refractivity contribution in [2.75, 3.05) is 43.4 Å². The summed E-state index contributed by atoms with van der Waals surface area (Å²) in [6.07, 6.45) is 0. The van der Waals surface area contributed by atoms with Crippen molar-refractivity contribution in [3.63, 3.8) is 0 Å². The number of ether oxygens (including phenoxy) is 1. The number of fused-ring (bicyclic) bond motifs is 1. The Balaban J connectivity index is 1.27.